The lowest BCUT2D eigenvalue weighted by atomic mass is 9.90. The third-order valence-electron chi connectivity index (χ3n) is 2.80. The third-order valence-corrected chi connectivity index (χ3v) is 2.80. The molecule has 112 valence electrons. The maximum absolute atomic E-state index is 11.9. The molecule has 0 aliphatic carbocycles. The largest absolute Gasteiger partial charge is 0.383 e. The summed E-state index contributed by atoms with van der Waals surface area (Å²) in [6.07, 6.45) is 1.57. The van der Waals surface area contributed by atoms with Gasteiger partial charge in [-0.1, -0.05) is 20.8 Å². The van der Waals surface area contributed by atoms with Gasteiger partial charge in [-0.15, -0.1) is 10.2 Å². The van der Waals surface area contributed by atoms with Gasteiger partial charge in [0.15, 0.2) is 5.82 Å². The molecule has 0 aliphatic rings. The maximum atomic E-state index is 11.9. The van der Waals surface area contributed by atoms with E-state index in [0.717, 1.165) is 0 Å². The van der Waals surface area contributed by atoms with Crippen LogP contribution in [0, 0.1) is 5.41 Å². The van der Waals surface area contributed by atoms with Gasteiger partial charge in [0.1, 0.15) is 6.33 Å². The van der Waals surface area contributed by atoms with Crippen molar-refractivity contribution < 1.29 is 14.3 Å². The molecule has 20 heavy (non-hydrogen) atoms. The van der Waals surface area contributed by atoms with E-state index < -0.39 is 23.1 Å². The van der Waals surface area contributed by atoms with E-state index >= 15 is 0 Å². The Morgan fingerprint density at radius 2 is 2.10 bits per heavy atom. The second-order valence-corrected chi connectivity index (χ2v) is 5.65. The summed E-state index contributed by atoms with van der Waals surface area (Å²) in [4.78, 5) is 23.7. The van der Waals surface area contributed by atoms with Crippen LogP contribution in [-0.4, -0.2) is 40.2 Å². The molecule has 7 nitrogen and oxygen atoms in total. The van der Waals surface area contributed by atoms with Crippen LogP contribution in [0.2, 0.25) is 0 Å². The molecule has 1 aromatic heterocycles. The average molecular weight is 282 g/mol. The summed E-state index contributed by atoms with van der Waals surface area (Å²) >= 11 is 0. The molecule has 1 N–H and O–H groups in total. The van der Waals surface area contributed by atoms with Gasteiger partial charge in [-0.05, 0) is 6.92 Å². The van der Waals surface area contributed by atoms with Crippen molar-refractivity contribution in [2.24, 2.45) is 5.41 Å². The van der Waals surface area contributed by atoms with Gasteiger partial charge in [-0.2, -0.15) is 0 Å². The Kier molecular flexibility index (Phi) is 5.38. The molecule has 0 unspecified atom stereocenters. The average Bonchev–Trinajstić information content (AvgIpc) is 2.82. The Bertz CT molecular complexity index is 476. The van der Waals surface area contributed by atoms with E-state index in [0.29, 0.717) is 19.0 Å². The lowest BCUT2D eigenvalue weighted by Crippen LogP contribution is -2.40. The van der Waals surface area contributed by atoms with Crippen molar-refractivity contribution in [3.05, 3.63) is 12.2 Å². The zero-order valence-electron chi connectivity index (χ0n) is 12.6. The summed E-state index contributed by atoms with van der Waals surface area (Å²) in [5.41, 5.74) is -0.701. The maximum Gasteiger partial charge on any atom is 0.288 e. The van der Waals surface area contributed by atoms with Crippen LogP contribution in [0.1, 0.15) is 39.6 Å². The quantitative estimate of drug-likeness (QED) is 0.777. The van der Waals surface area contributed by atoms with Gasteiger partial charge in [0.2, 0.25) is 5.78 Å². The Hall–Kier alpha value is -1.76. The Morgan fingerprint density at radius 1 is 1.45 bits per heavy atom. The van der Waals surface area contributed by atoms with Crippen LogP contribution in [0.3, 0.4) is 0 Å². The van der Waals surface area contributed by atoms with Crippen LogP contribution in [-0.2, 0) is 20.9 Å². The summed E-state index contributed by atoms with van der Waals surface area (Å²) in [6.45, 7) is 8.00. The second-order valence-electron chi connectivity index (χ2n) is 5.65. The van der Waals surface area contributed by atoms with Crippen molar-refractivity contribution in [2.75, 3.05) is 13.7 Å². The molecule has 0 saturated heterocycles. The number of Topliss-reactive ketones (excluding diaryl/α,β-unsaturated/α-hetero) is 1. The van der Waals surface area contributed by atoms with Crippen LogP contribution in [0.15, 0.2) is 6.33 Å². The fraction of sp³-hybridized carbons (Fsp3) is 0.692. The van der Waals surface area contributed by atoms with E-state index in [-0.39, 0.29) is 0 Å². The molecule has 1 amide bonds. The van der Waals surface area contributed by atoms with Gasteiger partial charge in [-0.3, -0.25) is 9.59 Å². The number of nitrogens with one attached hydrogen (secondary N) is 1. The topological polar surface area (TPSA) is 86.1 Å². The van der Waals surface area contributed by atoms with Gasteiger partial charge in [0.05, 0.1) is 12.6 Å². The first kappa shape index (κ1) is 16.3. The highest BCUT2D eigenvalue weighted by molar-refractivity contribution is 6.37. The molecule has 0 aromatic carbocycles. The van der Waals surface area contributed by atoms with E-state index in [9.17, 15) is 9.59 Å². The number of methoxy groups -OCH3 is 1. The number of ketones is 1. The molecule has 7 heteroatoms. The number of amides is 1. The number of aromatic nitrogens is 3. The lowest BCUT2D eigenvalue weighted by molar-refractivity contribution is -0.142. The molecule has 1 heterocycles. The summed E-state index contributed by atoms with van der Waals surface area (Å²) in [5.74, 6) is -0.462. The van der Waals surface area contributed by atoms with Crippen LogP contribution >= 0.6 is 0 Å². The van der Waals surface area contributed by atoms with Gasteiger partial charge in [0, 0.05) is 19.1 Å². The van der Waals surface area contributed by atoms with E-state index in [1.807, 2.05) is 0 Å². The molecule has 0 fully saturated rings. The third kappa shape index (κ3) is 4.12. The van der Waals surface area contributed by atoms with Gasteiger partial charge in [-0.25, -0.2) is 0 Å². The minimum atomic E-state index is -0.701. The first-order valence-corrected chi connectivity index (χ1v) is 6.49. The highest BCUT2D eigenvalue weighted by atomic mass is 16.5. The van der Waals surface area contributed by atoms with Crippen molar-refractivity contribution in [1.29, 1.82) is 0 Å². The molecular weight excluding hydrogens is 260 g/mol. The highest BCUT2D eigenvalue weighted by Gasteiger charge is 2.29. The monoisotopic (exact) mass is 282 g/mol. The number of ether oxygens (including phenoxy) is 1. The first-order valence-electron chi connectivity index (χ1n) is 6.49. The molecule has 1 atom stereocenters. The van der Waals surface area contributed by atoms with Gasteiger partial charge >= 0.3 is 0 Å². The summed E-state index contributed by atoms with van der Waals surface area (Å²) < 4.78 is 6.78. The zero-order chi connectivity index (χ0) is 15.3. The minimum absolute atomic E-state index is 0.395. The number of hydrogen-bond donors (Lipinski definition) is 1. The van der Waals surface area contributed by atoms with Crippen molar-refractivity contribution in [2.45, 2.75) is 40.3 Å². The number of rotatable bonds is 6. The van der Waals surface area contributed by atoms with Gasteiger partial charge < -0.3 is 14.6 Å². The summed E-state index contributed by atoms with van der Waals surface area (Å²) in [5, 5.41) is 10.4. The lowest BCUT2D eigenvalue weighted by Gasteiger charge is -2.19. The van der Waals surface area contributed by atoms with Gasteiger partial charge in [0.25, 0.3) is 5.91 Å². The second kappa shape index (κ2) is 6.60. The van der Waals surface area contributed by atoms with Crippen LogP contribution < -0.4 is 5.32 Å². The fourth-order valence-electron chi connectivity index (χ4n) is 1.63. The zero-order valence-corrected chi connectivity index (χ0v) is 12.6. The highest BCUT2D eigenvalue weighted by Crippen LogP contribution is 2.16. The molecule has 1 aromatic rings. The predicted molar refractivity (Wildman–Crippen MR) is 72.9 cm³/mol. The van der Waals surface area contributed by atoms with E-state index in [1.54, 1.807) is 45.7 Å². The van der Waals surface area contributed by atoms with Crippen molar-refractivity contribution in [3.63, 3.8) is 0 Å². The van der Waals surface area contributed by atoms with Crippen LogP contribution in [0.4, 0.5) is 0 Å². The van der Waals surface area contributed by atoms with E-state index in [1.165, 1.54) is 0 Å². The van der Waals surface area contributed by atoms with Crippen LogP contribution in [0.25, 0.3) is 0 Å². The Labute approximate surface area is 118 Å². The molecule has 0 bridgehead atoms. The van der Waals surface area contributed by atoms with E-state index in [4.69, 9.17) is 4.74 Å². The molecule has 1 rings (SSSR count). The smallest absolute Gasteiger partial charge is 0.288 e. The van der Waals surface area contributed by atoms with Crippen LogP contribution in [0.5, 0.6) is 0 Å². The number of carbonyl (C=O) groups is 2. The summed E-state index contributed by atoms with van der Waals surface area (Å²) in [7, 11) is 1.61. The predicted octanol–water partition coefficient (Wildman–Crippen LogP) is 0.717. The molecular formula is C13H22N4O3. The number of carbonyl (C=O) groups excluding carboxylic acids is 2. The number of nitrogens with zero attached hydrogens (tertiary/aromatic N) is 3. The van der Waals surface area contributed by atoms with Crippen molar-refractivity contribution >= 4 is 11.7 Å². The van der Waals surface area contributed by atoms with E-state index in [2.05, 4.69) is 15.5 Å². The molecule has 0 aliphatic heterocycles. The first-order chi connectivity index (χ1) is 9.27. The normalized spacial score (nSPS) is 13.1. The SMILES string of the molecule is COCCn1cnnc1[C@@H](C)NC(=O)C(=O)C(C)(C)C. The number of hydrogen-bond acceptors (Lipinski definition) is 5. The minimum Gasteiger partial charge on any atom is -0.383 e. The van der Waals surface area contributed by atoms with Crippen molar-refractivity contribution in [1.82, 2.24) is 20.1 Å². The van der Waals surface area contributed by atoms with Crippen molar-refractivity contribution in [3.8, 4) is 0 Å². The Balaban J connectivity index is 2.72. The Morgan fingerprint density at radius 3 is 2.65 bits per heavy atom. The molecule has 0 spiro atoms. The molecule has 0 radical (unpaired) electrons. The fourth-order valence-corrected chi connectivity index (χ4v) is 1.63. The standard InChI is InChI=1S/C13H22N4O3/c1-9(15-12(19)10(18)13(2,3)4)11-16-14-8-17(11)6-7-20-5/h8-9H,6-7H2,1-5H3,(H,15,19)/t9-/m1/s1. The summed E-state index contributed by atoms with van der Waals surface area (Å²) in [6, 6.07) is -0.395. The molecule has 0 saturated carbocycles.